The quantitative estimate of drug-likeness (QED) is 0.537. The highest BCUT2D eigenvalue weighted by Crippen LogP contribution is 2.45. The summed E-state index contributed by atoms with van der Waals surface area (Å²) in [5, 5.41) is 3.61. The molecule has 4 unspecified atom stereocenters. The molecule has 2 bridgehead atoms. The lowest BCUT2D eigenvalue weighted by Crippen LogP contribution is -2.41. The van der Waals surface area contributed by atoms with Crippen molar-refractivity contribution in [2.45, 2.75) is 31.7 Å². The van der Waals surface area contributed by atoms with E-state index in [9.17, 15) is 4.79 Å². The SMILES string of the molecule is NC(=O)C1C2C=CC(C2)C1Nc1nc(Cc2ccc(Cc3ccncc3)cc2)nc2c1C=CC2. The highest BCUT2D eigenvalue weighted by Gasteiger charge is 2.47. The summed E-state index contributed by atoms with van der Waals surface area (Å²) >= 11 is 0. The summed E-state index contributed by atoms with van der Waals surface area (Å²) in [4.78, 5) is 26.0. The van der Waals surface area contributed by atoms with Crippen LogP contribution < -0.4 is 11.1 Å². The summed E-state index contributed by atoms with van der Waals surface area (Å²) in [6, 6.07) is 12.7. The molecule has 3 aliphatic carbocycles. The second-order valence-corrected chi connectivity index (χ2v) is 9.53. The van der Waals surface area contributed by atoms with E-state index in [2.05, 4.69) is 58.9 Å². The van der Waals surface area contributed by atoms with Crippen molar-refractivity contribution in [3.05, 3.63) is 101 Å². The molecule has 1 saturated carbocycles. The summed E-state index contributed by atoms with van der Waals surface area (Å²) in [5.41, 5.74) is 11.5. The molecule has 0 saturated heterocycles. The van der Waals surface area contributed by atoms with E-state index in [1.54, 1.807) is 0 Å². The van der Waals surface area contributed by atoms with Gasteiger partial charge in [-0.05, 0) is 53.5 Å². The lowest BCUT2D eigenvalue weighted by Gasteiger charge is -2.28. The summed E-state index contributed by atoms with van der Waals surface area (Å²) in [7, 11) is 0. The number of benzene rings is 1. The molecular formula is C28H27N5O. The molecule has 2 heterocycles. The molecule has 6 heteroatoms. The van der Waals surface area contributed by atoms with Crippen LogP contribution >= 0.6 is 0 Å². The number of fused-ring (bicyclic) bond motifs is 3. The van der Waals surface area contributed by atoms with Gasteiger partial charge in [-0.2, -0.15) is 0 Å². The maximum atomic E-state index is 12.2. The Labute approximate surface area is 199 Å². The Kier molecular flexibility index (Phi) is 5.21. The topological polar surface area (TPSA) is 93.8 Å². The Hall–Kier alpha value is -3.80. The Morgan fingerprint density at radius 2 is 1.65 bits per heavy atom. The summed E-state index contributed by atoms with van der Waals surface area (Å²) in [6.07, 6.45) is 15.5. The Morgan fingerprint density at radius 3 is 2.41 bits per heavy atom. The maximum Gasteiger partial charge on any atom is 0.223 e. The molecule has 4 atom stereocenters. The number of allylic oxidation sites excluding steroid dienone is 2. The summed E-state index contributed by atoms with van der Waals surface area (Å²) < 4.78 is 0. The van der Waals surface area contributed by atoms with Gasteiger partial charge in [0.15, 0.2) is 0 Å². The number of hydrogen-bond acceptors (Lipinski definition) is 5. The van der Waals surface area contributed by atoms with Crippen LogP contribution in [0.3, 0.4) is 0 Å². The first-order valence-electron chi connectivity index (χ1n) is 11.9. The van der Waals surface area contributed by atoms with E-state index in [4.69, 9.17) is 15.7 Å². The average molecular weight is 450 g/mol. The number of pyridine rings is 1. The average Bonchev–Trinajstić information content (AvgIpc) is 3.57. The second-order valence-electron chi connectivity index (χ2n) is 9.53. The van der Waals surface area contributed by atoms with Crippen LogP contribution in [0.4, 0.5) is 5.82 Å². The molecule has 170 valence electrons. The molecule has 34 heavy (non-hydrogen) atoms. The third kappa shape index (κ3) is 3.89. The minimum Gasteiger partial charge on any atom is -0.369 e. The van der Waals surface area contributed by atoms with Gasteiger partial charge in [-0.15, -0.1) is 0 Å². The monoisotopic (exact) mass is 449 g/mol. The Bertz CT molecular complexity index is 1280. The van der Waals surface area contributed by atoms with Gasteiger partial charge in [0.1, 0.15) is 11.6 Å². The first-order valence-corrected chi connectivity index (χ1v) is 11.9. The van der Waals surface area contributed by atoms with Crippen molar-refractivity contribution in [3.8, 4) is 0 Å². The predicted molar refractivity (Wildman–Crippen MR) is 132 cm³/mol. The second kappa shape index (κ2) is 8.52. The van der Waals surface area contributed by atoms with E-state index in [0.717, 1.165) is 42.2 Å². The smallest absolute Gasteiger partial charge is 0.223 e. The molecule has 1 amide bonds. The number of carbonyl (C=O) groups excluding carboxylic acids is 1. The Balaban J connectivity index is 1.22. The lowest BCUT2D eigenvalue weighted by molar-refractivity contribution is -0.122. The molecule has 0 aliphatic heterocycles. The van der Waals surface area contributed by atoms with Crippen LogP contribution in [0.5, 0.6) is 0 Å². The number of rotatable bonds is 7. The highest BCUT2D eigenvalue weighted by molar-refractivity contribution is 5.80. The molecule has 3 N–H and O–H groups in total. The van der Waals surface area contributed by atoms with Crippen LogP contribution in [0, 0.1) is 17.8 Å². The standard InChI is InChI=1S/C28H27N5O/c29-27(34)25-20-8-9-21(16-20)26(25)33-28-22-2-1-3-23(22)31-24(32-28)15-18-6-4-17(5-7-18)14-19-10-12-30-13-11-19/h1-2,4-13,20-21,25-26H,3,14-16H2,(H2,29,34)(H,31,32,33). The van der Waals surface area contributed by atoms with Gasteiger partial charge in [0.05, 0.1) is 11.6 Å². The van der Waals surface area contributed by atoms with Crippen molar-refractivity contribution >= 4 is 17.8 Å². The fourth-order valence-electron chi connectivity index (χ4n) is 5.63. The van der Waals surface area contributed by atoms with Crippen molar-refractivity contribution in [1.29, 1.82) is 0 Å². The van der Waals surface area contributed by atoms with Gasteiger partial charge in [-0.25, -0.2) is 9.97 Å². The summed E-state index contributed by atoms with van der Waals surface area (Å²) in [5.74, 6) is 1.73. The molecule has 6 nitrogen and oxygen atoms in total. The number of hydrogen-bond donors (Lipinski definition) is 2. The van der Waals surface area contributed by atoms with E-state index in [1.165, 1.54) is 16.7 Å². The van der Waals surface area contributed by atoms with E-state index in [0.29, 0.717) is 12.3 Å². The zero-order chi connectivity index (χ0) is 23.1. The van der Waals surface area contributed by atoms with E-state index >= 15 is 0 Å². The normalized spacial score (nSPS) is 23.9. The zero-order valence-corrected chi connectivity index (χ0v) is 18.9. The molecule has 3 aromatic rings. The third-order valence-corrected chi connectivity index (χ3v) is 7.30. The first-order chi connectivity index (χ1) is 16.6. The lowest BCUT2D eigenvalue weighted by atomic mass is 9.88. The van der Waals surface area contributed by atoms with Crippen LogP contribution in [0.15, 0.2) is 67.0 Å². The molecule has 3 aliphatic rings. The van der Waals surface area contributed by atoms with Crippen LogP contribution in [-0.4, -0.2) is 26.9 Å². The van der Waals surface area contributed by atoms with Crippen molar-refractivity contribution in [2.75, 3.05) is 5.32 Å². The molecule has 0 spiro atoms. The van der Waals surface area contributed by atoms with Crippen LogP contribution in [0.1, 0.15) is 40.2 Å². The van der Waals surface area contributed by atoms with Gasteiger partial charge in [0, 0.05) is 36.8 Å². The van der Waals surface area contributed by atoms with Gasteiger partial charge in [0.25, 0.3) is 0 Å². The molecule has 6 rings (SSSR count). The van der Waals surface area contributed by atoms with Crippen LogP contribution in [0.25, 0.3) is 6.08 Å². The minimum atomic E-state index is -0.234. The largest absolute Gasteiger partial charge is 0.369 e. The van der Waals surface area contributed by atoms with Gasteiger partial charge in [-0.3, -0.25) is 9.78 Å². The molecule has 0 radical (unpaired) electrons. The van der Waals surface area contributed by atoms with Crippen molar-refractivity contribution in [2.24, 2.45) is 23.5 Å². The van der Waals surface area contributed by atoms with E-state index < -0.39 is 0 Å². The fraction of sp³-hybridized carbons (Fsp3) is 0.286. The number of amides is 1. The number of aromatic nitrogens is 3. The Morgan fingerprint density at radius 1 is 0.941 bits per heavy atom. The number of nitrogens with two attached hydrogens (primary N) is 1. The third-order valence-electron chi connectivity index (χ3n) is 7.30. The number of nitrogens with zero attached hydrogens (tertiary/aromatic N) is 3. The number of anilines is 1. The maximum absolute atomic E-state index is 12.2. The van der Waals surface area contributed by atoms with Crippen molar-refractivity contribution in [1.82, 2.24) is 15.0 Å². The first kappa shape index (κ1) is 20.8. The zero-order valence-electron chi connectivity index (χ0n) is 18.9. The number of carbonyl (C=O) groups is 1. The minimum absolute atomic E-state index is 0.0131. The van der Waals surface area contributed by atoms with E-state index in [1.807, 2.05) is 24.5 Å². The molecular weight excluding hydrogens is 422 g/mol. The number of nitrogens with one attached hydrogen (secondary N) is 1. The van der Waals surface area contributed by atoms with Crippen molar-refractivity contribution < 1.29 is 4.79 Å². The van der Waals surface area contributed by atoms with E-state index in [-0.39, 0.29) is 23.8 Å². The summed E-state index contributed by atoms with van der Waals surface area (Å²) in [6.45, 7) is 0. The molecule has 2 aromatic heterocycles. The fourth-order valence-corrected chi connectivity index (χ4v) is 5.63. The van der Waals surface area contributed by atoms with Crippen molar-refractivity contribution in [3.63, 3.8) is 0 Å². The van der Waals surface area contributed by atoms with Crippen LogP contribution in [-0.2, 0) is 24.1 Å². The van der Waals surface area contributed by atoms with Gasteiger partial charge >= 0.3 is 0 Å². The number of primary amides is 1. The van der Waals surface area contributed by atoms with Gasteiger partial charge < -0.3 is 11.1 Å². The molecule has 1 aromatic carbocycles. The predicted octanol–water partition coefficient (Wildman–Crippen LogP) is 3.71. The molecule has 1 fully saturated rings. The van der Waals surface area contributed by atoms with Gasteiger partial charge in [-0.1, -0.05) is 48.6 Å². The highest BCUT2D eigenvalue weighted by atomic mass is 16.1. The van der Waals surface area contributed by atoms with Crippen LogP contribution in [0.2, 0.25) is 0 Å². The van der Waals surface area contributed by atoms with Gasteiger partial charge in [0.2, 0.25) is 5.91 Å².